The van der Waals surface area contributed by atoms with Gasteiger partial charge >= 0.3 is 0 Å². The zero-order valence-corrected chi connectivity index (χ0v) is 10.5. The second kappa shape index (κ2) is 5.03. The molecule has 0 bridgehead atoms. The zero-order chi connectivity index (χ0) is 11.6. The molecule has 94 valence electrons. The number of aliphatic hydroxyl groups excluding tert-OH is 1. The van der Waals surface area contributed by atoms with Gasteiger partial charge in [-0.25, -0.2) is 0 Å². The van der Waals surface area contributed by atoms with Crippen molar-refractivity contribution in [1.82, 2.24) is 4.90 Å². The molecule has 0 aromatic carbocycles. The van der Waals surface area contributed by atoms with Crippen molar-refractivity contribution in [1.29, 1.82) is 0 Å². The van der Waals surface area contributed by atoms with Crippen molar-refractivity contribution in [2.24, 2.45) is 11.7 Å². The van der Waals surface area contributed by atoms with Gasteiger partial charge in [0.15, 0.2) is 0 Å². The van der Waals surface area contributed by atoms with Gasteiger partial charge in [0, 0.05) is 18.1 Å². The molecular formula is C13H26N2O. The van der Waals surface area contributed by atoms with Gasteiger partial charge in [0.05, 0.1) is 6.61 Å². The van der Waals surface area contributed by atoms with Crippen molar-refractivity contribution >= 4 is 0 Å². The fourth-order valence-corrected chi connectivity index (χ4v) is 2.92. The Labute approximate surface area is 99.0 Å². The monoisotopic (exact) mass is 226 g/mol. The summed E-state index contributed by atoms with van der Waals surface area (Å²) in [5.41, 5.74) is 5.86. The summed E-state index contributed by atoms with van der Waals surface area (Å²) in [5.74, 6) is 0.952. The highest BCUT2D eigenvalue weighted by atomic mass is 16.3. The molecule has 2 fully saturated rings. The number of aliphatic hydroxyl groups is 1. The molecule has 0 spiro atoms. The van der Waals surface area contributed by atoms with E-state index in [1.165, 1.54) is 38.8 Å². The predicted octanol–water partition coefficient (Wildman–Crippen LogP) is 1.35. The van der Waals surface area contributed by atoms with E-state index in [4.69, 9.17) is 5.73 Å². The van der Waals surface area contributed by atoms with Crippen LogP contribution in [0.25, 0.3) is 0 Å². The lowest BCUT2D eigenvalue weighted by Gasteiger charge is -2.30. The summed E-state index contributed by atoms with van der Waals surface area (Å²) in [7, 11) is 0. The van der Waals surface area contributed by atoms with Gasteiger partial charge in [-0.3, -0.25) is 0 Å². The van der Waals surface area contributed by atoms with E-state index in [9.17, 15) is 5.11 Å². The maximum absolute atomic E-state index is 9.31. The van der Waals surface area contributed by atoms with E-state index in [2.05, 4.69) is 11.8 Å². The predicted molar refractivity (Wildman–Crippen MR) is 66.2 cm³/mol. The smallest absolute Gasteiger partial charge is 0.0611 e. The third-order valence-corrected chi connectivity index (χ3v) is 4.15. The second-order valence-electron chi connectivity index (χ2n) is 5.86. The summed E-state index contributed by atoms with van der Waals surface area (Å²) in [6, 6.07) is 0.623. The van der Waals surface area contributed by atoms with Crippen LogP contribution >= 0.6 is 0 Å². The number of nitrogens with zero attached hydrogens (tertiary/aromatic N) is 1. The molecule has 0 radical (unpaired) electrons. The number of nitrogens with two attached hydrogens (primary N) is 1. The van der Waals surface area contributed by atoms with Gasteiger partial charge in [0.25, 0.3) is 0 Å². The Morgan fingerprint density at radius 3 is 2.62 bits per heavy atom. The lowest BCUT2D eigenvalue weighted by atomic mass is 10.0. The second-order valence-corrected chi connectivity index (χ2v) is 5.86. The van der Waals surface area contributed by atoms with Crippen LogP contribution in [0.2, 0.25) is 0 Å². The van der Waals surface area contributed by atoms with Crippen LogP contribution < -0.4 is 5.73 Å². The lowest BCUT2D eigenvalue weighted by molar-refractivity contribution is 0.161. The van der Waals surface area contributed by atoms with E-state index >= 15 is 0 Å². The van der Waals surface area contributed by atoms with Crippen LogP contribution in [0.5, 0.6) is 0 Å². The molecule has 3 N–H and O–H groups in total. The van der Waals surface area contributed by atoms with E-state index in [1.54, 1.807) is 0 Å². The molecule has 2 aliphatic rings. The van der Waals surface area contributed by atoms with Crippen LogP contribution in [0.4, 0.5) is 0 Å². The quantitative estimate of drug-likeness (QED) is 0.719. The molecule has 0 saturated heterocycles. The highest BCUT2D eigenvalue weighted by Gasteiger charge is 2.38. The van der Waals surface area contributed by atoms with Crippen LogP contribution in [-0.4, -0.2) is 41.3 Å². The van der Waals surface area contributed by atoms with Crippen LogP contribution in [0.1, 0.15) is 45.4 Å². The molecule has 0 aromatic heterocycles. The summed E-state index contributed by atoms with van der Waals surface area (Å²) >= 11 is 0. The van der Waals surface area contributed by atoms with E-state index in [0.29, 0.717) is 6.04 Å². The Bertz CT molecular complexity index is 230. The molecule has 2 atom stereocenters. The van der Waals surface area contributed by atoms with Crippen LogP contribution in [0, 0.1) is 5.92 Å². The normalized spacial score (nSPS) is 34.9. The highest BCUT2D eigenvalue weighted by molar-refractivity contribution is 4.97. The fraction of sp³-hybridized carbons (Fsp3) is 1.00. The molecule has 0 amide bonds. The third kappa shape index (κ3) is 2.96. The van der Waals surface area contributed by atoms with Crippen molar-refractivity contribution in [3.05, 3.63) is 0 Å². The highest BCUT2D eigenvalue weighted by Crippen LogP contribution is 2.35. The Kier molecular flexibility index (Phi) is 3.88. The van der Waals surface area contributed by atoms with E-state index in [0.717, 1.165) is 18.8 Å². The minimum absolute atomic E-state index is 0.146. The number of rotatable bonds is 6. The first-order valence-corrected chi connectivity index (χ1v) is 6.80. The summed E-state index contributed by atoms with van der Waals surface area (Å²) in [6.07, 6.45) is 7.19. The SMILES string of the molecule is CCCN(CC1CC1)C1CCC(N)(CO)C1. The topological polar surface area (TPSA) is 49.5 Å². The Hall–Kier alpha value is -0.120. The van der Waals surface area contributed by atoms with Crippen LogP contribution in [-0.2, 0) is 0 Å². The van der Waals surface area contributed by atoms with Gasteiger partial charge in [-0.05, 0) is 51.0 Å². The first-order valence-electron chi connectivity index (χ1n) is 6.80. The number of hydrogen-bond acceptors (Lipinski definition) is 3. The Morgan fingerprint density at radius 1 is 1.38 bits per heavy atom. The van der Waals surface area contributed by atoms with Gasteiger partial charge in [0.2, 0.25) is 0 Å². The summed E-state index contributed by atoms with van der Waals surface area (Å²) in [5, 5.41) is 9.31. The molecule has 2 aliphatic carbocycles. The van der Waals surface area contributed by atoms with E-state index in [1.807, 2.05) is 0 Å². The average Bonchev–Trinajstić information content (AvgIpc) is 3.00. The van der Waals surface area contributed by atoms with Crippen molar-refractivity contribution in [2.45, 2.75) is 57.0 Å². The molecule has 2 saturated carbocycles. The molecule has 3 heteroatoms. The summed E-state index contributed by atoms with van der Waals surface area (Å²) < 4.78 is 0. The van der Waals surface area contributed by atoms with Gasteiger partial charge in [-0.1, -0.05) is 6.92 Å². The average molecular weight is 226 g/mol. The first kappa shape index (κ1) is 12.3. The molecule has 3 nitrogen and oxygen atoms in total. The Balaban J connectivity index is 1.87. The van der Waals surface area contributed by atoms with Gasteiger partial charge < -0.3 is 15.7 Å². The maximum atomic E-state index is 9.31. The number of hydrogen-bond donors (Lipinski definition) is 2. The third-order valence-electron chi connectivity index (χ3n) is 4.15. The van der Waals surface area contributed by atoms with E-state index in [-0.39, 0.29) is 12.1 Å². The summed E-state index contributed by atoms with van der Waals surface area (Å²) in [4.78, 5) is 2.63. The zero-order valence-electron chi connectivity index (χ0n) is 10.5. The molecule has 0 heterocycles. The van der Waals surface area contributed by atoms with Gasteiger partial charge in [-0.15, -0.1) is 0 Å². The molecule has 0 aromatic rings. The van der Waals surface area contributed by atoms with E-state index < -0.39 is 0 Å². The van der Waals surface area contributed by atoms with Crippen LogP contribution in [0.15, 0.2) is 0 Å². The fourth-order valence-electron chi connectivity index (χ4n) is 2.92. The minimum atomic E-state index is -0.291. The largest absolute Gasteiger partial charge is 0.394 e. The molecular weight excluding hydrogens is 200 g/mol. The molecule has 2 unspecified atom stereocenters. The standard InChI is InChI=1S/C13H26N2O/c1-2-7-15(9-11-3-4-11)12-5-6-13(14,8-12)10-16/h11-12,16H,2-10,14H2,1H3. The Morgan fingerprint density at radius 2 is 2.12 bits per heavy atom. The van der Waals surface area contributed by atoms with Crippen molar-refractivity contribution in [2.75, 3.05) is 19.7 Å². The molecule has 16 heavy (non-hydrogen) atoms. The van der Waals surface area contributed by atoms with Crippen molar-refractivity contribution in [3.63, 3.8) is 0 Å². The minimum Gasteiger partial charge on any atom is -0.394 e. The summed E-state index contributed by atoms with van der Waals surface area (Å²) in [6.45, 7) is 4.85. The molecule has 0 aliphatic heterocycles. The lowest BCUT2D eigenvalue weighted by Crippen LogP contribution is -2.44. The van der Waals surface area contributed by atoms with Crippen LogP contribution in [0.3, 0.4) is 0 Å². The van der Waals surface area contributed by atoms with Crippen molar-refractivity contribution in [3.8, 4) is 0 Å². The van der Waals surface area contributed by atoms with Gasteiger partial charge in [-0.2, -0.15) is 0 Å². The molecule has 2 rings (SSSR count). The maximum Gasteiger partial charge on any atom is 0.0611 e. The van der Waals surface area contributed by atoms with Crippen molar-refractivity contribution < 1.29 is 5.11 Å². The first-order chi connectivity index (χ1) is 7.67. The van der Waals surface area contributed by atoms with Gasteiger partial charge in [0.1, 0.15) is 0 Å².